The number of anilines is 1. The number of nitrogens with zero attached hydrogens (tertiary/aromatic N) is 6. The standard InChI is InChI=1S/C30H41FN6O5Si.C16H23FN2O2/c1-20-17-36(25(21-8-10-23(31)11-9-21)18-35(20)29(40)42-30(2,3)4)28(39)27(38)34-24-16-32-14-22-15-33-37(26(22)24)19-41-12-13-43(5,6)7;1-11-9-18-14(12-5-7-13(17)8-6-12)10-19(11)15(20)21-16(2,3)4/h8-11,14-16,20,25H,12-13,17-19H2,1-7H3,(H,34,38);5-8,11,14,18H,9-10H2,1-4H3/t20-,25-;11-,14-/m11/s1. The maximum absolute atomic E-state index is 13.8. The Morgan fingerprint density at radius 3 is 1.89 bits per heavy atom. The number of nitrogens with one attached hydrogen (secondary N) is 2. The Morgan fingerprint density at radius 1 is 0.766 bits per heavy atom. The SMILES string of the molecule is C[C@@H]1CN(C(=O)C(=O)Nc2cncc3cnn(COCC[Si](C)(C)C)c23)[C@@H](c2ccc(F)cc2)CN1C(=O)OC(C)(C)C.C[C@@H]1CN[C@@H](c2ccc(F)cc2)CN1C(=O)OC(C)(C)C. The Hall–Kier alpha value is -5.46. The zero-order valence-corrected chi connectivity index (χ0v) is 39.9. The van der Waals surface area contributed by atoms with Gasteiger partial charge in [0.1, 0.15) is 29.6 Å². The van der Waals surface area contributed by atoms with Gasteiger partial charge >= 0.3 is 24.0 Å². The number of piperazine rings is 2. The highest BCUT2D eigenvalue weighted by Gasteiger charge is 2.41. The third-order valence-electron chi connectivity index (χ3n) is 10.5. The van der Waals surface area contributed by atoms with Crippen molar-refractivity contribution in [3.63, 3.8) is 0 Å². The molecule has 0 unspecified atom stereocenters. The number of carbonyl (C=O) groups excluding carboxylic acids is 4. The molecular formula is C46H64F2N8O7Si. The number of pyridine rings is 1. The van der Waals surface area contributed by atoms with Crippen molar-refractivity contribution in [1.29, 1.82) is 0 Å². The van der Waals surface area contributed by atoms with Crippen LogP contribution in [0.3, 0.4) is 0 Å². The Kier molecular flexibility index (Phi) is 15.9. The number of carbonyl (C=O) groups is 4. The minimum Gasteiger partial charge on any atom is -0.444 e. The van der Waals surface area contributed by atoms with Gasteiger partial charge in [0, 0.05) is 64.5 Å². The maximum Gasteiger partial charge on any atom is 0.410 e. The first kappa shape index (κ1) is 49.6. The summed E-state index contributed by atoms with van der Waals surface area (Å²) in [6.07, 6.45) is 3.89. The van der Waals surface area contributed by atoms with Crippen molar-refractivity contribution in [2.24, 2.45) is 0 Å². The van der Waals surface area contributed by atoms with Crippen LogP contribution in [0.2, 0.25) is 25.7 Å². The van der Waals surface area contributed by atoms with E-state index in [2.05, 4.69) is 40.4 Å². The smallest absolute Gasteiger partial charge is 0.410 e. The molecule has 0 bridgehead atoms. The van der Waals surface area contributed by atoms with E-state index >= 15 is 0 Å². The first-order valence-corrected chi connectivity index (χ1v) is 25.3. The van der Waals surface area contributed by atoms with Gasteiger partial charge in [0.25, 0.3) is 0 Å². The molecule has 2 N–H and O–H groups in total. The largest absolute Gasteiger partial charge is 0.444 e. The Balaban J connectivity index is 0.000000306. The lowest BCUT2D eigenvalue weighted by molar-refractivity contribution is -0.147. The fourth-order valence-corrected chi connectivity index (χ4v) is 7.93. The van der Waals surface area contributed by atoms with Gasteiger partial charge in [-0.15, -0.1) is 0 Å². The minimum absolute atomic E-state index is 0.00526. The van der Waals surface area contributed by atoms with Gasteiger partial charge in [-0.05, 0) is 96.8 Å². The van der Waals surface area contributed by atoms with Gasteiger partial charge in [-0.2, -0.15) is 5.10 Å². The predicted octanol–water partition coefficient (Wildman–Crippen LogP) is 8.13. The predicted molar refractivity (Wildman–Crippen MR) is 243 cm³/mol. The van der Waals surface area contributed by atoms with Crippen LogP contribution in [0.25, 0.3) is 10.9 Å². The van der Waals surface area contributed by atoms with Crippen LogP contribution in [0.15, 0.2) is 67.1 Å². The van der Waals surface area contributed by atoms with Crippen molar-refractivity contribution in [2.75, 3.05) is 38.1 Å². The number of hydrogen-bond donors (Lipinski definition) is 2. The van der Waals surface area contributed by atoms with Crippen LogP contribution in [0.5, 0.6) is 0 Å². The molecule has 2 saturated heterocycles. The van der Waals surface area contributed by atoms with Gasteiger partial charge in [-0.3, -0.25) is 14.6 Å². The highest BCUT2D eigenvalue weighted by Crippen LogP contribution is 2.31. The molecule has 6 rings (SSSR count). The highest BCUT2D eigenvalue weighted by molar-refractivity contribution is 6.76. The van der Waals surface area contributed by atoms with Gasteiger partial charge in [0.05, 0.1) is 35.7 Å². The normalized spacial score (nSPS) is 19.4. The van der Waals surface area contributed by atoms with Gasteiger partial charge in [-0.25, -0.2) is 23.1 Å². The summed E-state index contributed by atoms with van der Waals surface area (Å²) in [6, 6.07) is 11.9. The molecule has 2 fully saturated rings. The summed E-state index contributed by atoms with van der Waals surface area (Å²) < 4.78 is 45.3. The van der Waals surface area contributed by atoms with E-state index in [1.54, 1.807) is 73.9 Å². The van der Waals surface area contributed by atoms with Crippen LogP contribution in [0, 0.1) is 11.6 Å². The molecule has 18 heteroatoms. The molecule has 2 aliphatic heterocycles. The molecule has 2 aromatic heterocycles. The number of aromatic nitrogens is 3. The molecule has 4 aromatic rings. The van der Waals surface area contributed by atoms with E-state index in [1.165, 1.54) is 40.3 Å². The van der Waals surface area contributed by atoms with Gasteiger partial charge < -0.3 is 39.5 Å². The summed E-state index contributed by atoms with van der Waals surface area (Å²) in [4.78, 5) is 61.3. The van der Waals surface area contributed by atoms with Crippen molar-refractivity contribution < 1.29 is 42.2 Å². The van der Waals surface area contributed by atoms with Crippen molar-refractivity contribution >= 4 is 48.7 Å². The maximum atomic E-state index is 13.8. The molecule has 2 aromatic carbocycles. The number of hydrogen-bond acceptors (Lipinski definition) is 10. The van der Waals surface area contributed by atoms with Crippen LogP contribution in [-0.2, 0) is 30.5 Å². The minimum atomic E-state index is -1.27. The second kappa shape index (κ2) is 20.6. The number of rotatable bonds is 8. The summed E-state index contributed by atoms with van der Waals surface area (Å²) in [6.45, 7) is 23.6. The molecule has 2 aliphatic rings. The third kappa shape index (κ3) is 13.8. The molecule has 0 aliphatic carbocycles. The second-order valence-corrected chi connectivity index (χ2v) is 25.2. The molecule has 0 spiro atoms. The third-order valence-corrected chi connectivity index (χ3v) is 12.3. The number of ether oxygens (including phenoxy) is 3. The Labute approximate surface area is 375 Å². The summed E-state index contributed by atoms with van der Waals surface area (Å²) >= 11 is 0. The van der Waals surface area contributed by atoms with Crippen LogP contribution < -0.4 is 10.6 Å². The van der Waals surface area contributed by atoms with E-state index in [4.69, 9.17) is 14.2 Å². The van der Waals surface area contributed by atoms with Crippen molar-refractivity contribution in [2.45, 2.75) is 123 Å². The summed E-state index contributed by atoms with van der Waals surface area (Å²) in [5.41, 5.74) is 1.24. The first-order valence-electron chi connectivity index (χ1n) is 21.6. The average molecular weight is 907 g/mol. The molecular weight excluding hydrogens is 843 g/mol. The molecule has 0 radical (unpaired) electrons. The molecule has 0 saturated carbocycles. The van der Waals surface area contributed by atoms with E-state index in [1.807, 2.05) is 27.7 Å². The fourth-order valence-electron chi connectivity index (χ4n) is 7.17. The zero-order chi connectivity index (χ0) is 47.1. The summed E-state index contributed by atoms with van der Waals surface area (Å²) in [7, 11) is -1.27. The van der Waals surface area contributed by atoms with Crippen LogP contribution in [-0.4, -0.2) is 118 Å². The van der Waals surface area contributed by atoms with Crippen molar-refractivity contribution in [3.05, 3.63) is 89.9 Å². The summed E-state index contributed by atoms with van der Waals surface area (Å²) in [5.74, 6) is -2.35. The number of fused-ring (bicyclic) bond motifs is 1. The Morgan fingerprint density at radius 2 is 1.33 bits per heavy atom. The first-order chi connectivity index (χ1) is 29.9. The fraction of sp³-hybridized carbons (Fsp3) is 0.522. The van der Waals surface area contributed by atoms with Crippen LogP contribution in [0.4, 0.5) is 24.1 Å². The summed E-state index contributed by atoms with van der Waals surface area (Å²) in [5, 5.41) is 11.2. The van der Waals surface area contributed by atoms with Crippen LogP contribution in [0.1, 0.15) is 78.6 Å². The molecule has 4 atom stereocenters. The van der Waals surface area contributed by atoms with Gasteiger partial charge in [-0.1, -0.05) is 43.9 Å². The van der Waals surface area contributed by atoms with Gasteiger partial charge in [0.15, 0.2) is 0 Å². The molecule has 348 valence electrons. The van der Waals surface area contributed by atoms with Crippen molar-refractivity contribution in [1.82, 2.24) is 34.8 Å². The Bertz CT molecular complexity index is 2240. The monoisotopic (exact) mass is 906 g/mol. The highest BCUT2D eigenvalue weighted by atomic mass is 28.3. The average Bonchev–Trinajstić information content (AvgIpc) is 3.62. The number of benzene rings is 2. The van der Waals surface area contributed by atoms with E-state index in [0.29, 0.717) is 41.9 Å². The zero-order valence-electron chi connectivity index (χ0n) is 38.9. The molecule has 4 amide bonds. The quantitative estimate of drug-likeness (QED) is 0.100. The van der Waals surface area contributed by atoms with E-state index < -0.39 is 55.1 Å². The topological polar surface area (TPSA) is 160 Å². The second-order valence-electron chi connectivity index (χ2n) is 19.6. The molecule has 64 heavy (non-hydrogen) atoms. The lowest BCUT2D eigenvalue weighted by Crippen LogP contribution is -2.59. The number of halogens is 2. The lowest BCUT2D eigenvalue weighted by atomic mass is 9.99. The van der Waals surface area contributed by atoms with E-state index in [-0.39, 0.29) is 43.8 Å². The molecule has 4 heterocycles. The van der Waals surface area contributed by atoms with Crippen LogP contribution >= 0.6 is 0 Å². The van der Waals surface area contributed by atoms with E-state index in [0.717, 1.165) is 11.6 Å². The van der Waals surface area contributed by atoms with Gasteiger partial charge in [0.2, 0.25) is 0 Å². The van der Waals surface area contributed by atoms with E-state index in [9.17, 15) is 28.0 Å². The van der Waals surface area contributed by atoms with Crippen molar-refractivity contribution in [3.8, 4) is 0 Å². The number of amides is 4. The lowest BCUT2D eigenvalue weighted by Gasteiger charge is -2.45. The molecule has 15 nitrogen and oxygen atoms in total.